The van der Waals surface area contributed by atoms with E-state index in [1.807, 2.05) is 12.1 Å². The molecular weight excluding hydrogens is 264 g/mol. The average molecular weight is 282 g/mol. The summed E-state index contributed by atoms with van der Waals surface area (Å²) in [6, 6.07) is 13.9. The number of hydrogen-bond donors (Lipinski definition) is 4. The highest BCUT2D eigenvalue weighted by Gasteiger charge is 2.01. The van der Waals surface area contributed by atoms with Gasteiger partial charge < -0.3 is 21.7 Å². The van der Waals surface area contributed by atoms with Crippen LogP contribution >= 0.6 is 0 Å². The van der Waals surface area contributed by atoms with Gasteiger partial charge in [0.05, 0.1) is 0 Å². The fraction of sp³-hybridized carbons (Fsp3) is 0.0588. The lowest BCUT2D eigenvalue weighted by molar-refractivity contribution is 0.473. The van der Waals surface area contributed by atoms with E-state index < -0.39 is 0 Å². The minimum absolute atomic E-state index is 0.170. The van der Waals surface area contributed by atoms with Crippen LogP contribution in [0.5, 0.6) is 11.5 Å². The van der Waals surface area contributed by atoms with Gasteiger partial charge in [-0.2, -0.15) is 0 Å². The van der Waals surface area contributed by atoms with Gasteiger partial charge in [-0.15, -0.1) is 0 Å². The number of nitrogens with two attached hydrogens (primary N) is 2. The summed E-state index contributed by atoms with van der Waals surface area (Å²) >= 11 is 0. The van der Waals surface area contributed by atoms with Gasteiger partial charge in [0.15, 0.2) is 0 Å². The number of hydrogen-bond acceptors (Lipinski definition) is 4. The molecule has 0 spiro atoms. The summed E-state index contributed by atoms with van der Waals surface area (Å²) in [6.07, 6.45) is 3.71. The minimum Gasteiger partial charge on any atom is -0.507 e. The molecule has 108 valence electrons. The maximum Gasteiger partial charge on any atom is 0.122 e. The number of rotatable bonds is 4. The van der Waals surface area contributed by atoms with E-state index >= 15 is 0 Å². The molecule has 4 heteroatoms. The van der Waals surface area contributed by atoms with Crippen LogP contribution in [0.1, 0.15) is 17.5 Å². The van der Waals surface area contributed by atoms with Crippen LogP contribution in [0.4, 0.5) is 0 Å². The van der Waals surface area contributed by atoms with Crippen LogP contribution in [0.2, 0.25) is 0 Å². The first-order valence-corrected chi connectivity index (χ1v) is 6.54. The first-order valence-electron chi connectivity index (χ1n) is 6.54. The maximum absolute atomic E-state index is 9.69. The third kappa shape index (κ3) is 4.04. The lowest BCUT2D eigenvalue weighted by Crippen LogP contribution is -2.04. The van der Waals surface area contributed by atoms with Crippen LogP contribution in [0.15, 0.2) is 59.9 Å². The largest absolute Gasteiger partial charge is 0.507 e. The lowest BCUT2D eigenvalue weighted by atomic mass is 10.1. The number of benzene rings is 2. The molecule has 0 saturated carbocycles. The third-order valence-electron chi connectivity index (χ3n) is 2.96. The Morgan fingerprint density at radius 3 is 1.52 bits per heavy atom. The van der Waals surface area contributed by atoms with Gasteiger partial charge in [0.25, 0.3) is 0 Å². The molecular formula is C17H18N2O2. The predicted octanol–water partition coefficient (Wildman–Crippen LogP) is 2.79. The topological polar surface area (TPSA) is 92.5 Å². The van der Waals surface area contributed by atoms with Crippen LogP contribution in [-0.2, 0) is 0 Å². The van der Waals surface area contributed by atoms with Crippen molar-refractivity contribution in [2.45, 2.75) is 6.42 Å². The molecule has 2 rings (SSSR count). The zero-order chi connectivity index (χ0) is 15.2. The number of para-hydroxylation sites is 2. The SMILES string of the molecule is NC(=Cc1ccccc1O)CC(N)=Cc1ccccc1O. The van der Waals surface area contributed by atoms with Crippen LogP contribution < -0.4 is 11.5 Å². The van der Waals surface area contributed by atoms with Crippen molar-refractivity contribution in [3.05, 3.63) is 71.1 Å². The van der Waals surface area contributed by atoms with Gasteiger partial charge in [-0.25, -0.2) is 0 Å². The van der Waals surface area contributed by atoms with Gasteiger partial charge in [0.1, 0.15) is 11.5 Å². The van der Waals surface area contributed by atoms with E-state index in [0.29, 0.717) is 28.9 Å². The van der Waals surface area contributed by atoms with E-state index in [4.69, 9.17) is 11.5 Å². The van der Waals surface area contributed by atoms with Crippen molar-refractivity contribution in [3.8, 4) is 11.5 Å². The van der Waals surface area contributed by atoms with Gasteiger partial charge >= 0.3 is 0 Å². The zero-order valence-electron chi connectivity index (χ0n) is 11.5. The molecule has 6 N–H and O–H groups in total. The number of phenols is 2. The fourth-order valence-electron chi connectivity index (χ4n) is 1.96. The van der Waals surface area contributed by atoms with Crippen molar-refractivity contribution in [2.24, 2.45) is 11.5 Å². The van der Waals surface area contributed by atoms with E-state index in [2.05, 4.69) is 0 Å². The molecule has 2 aromatic carbocycles. The second kappa shape index (κ2) is 6.52. The standard InChI is InChI=1S/C17H18N2O2/c18-14(9-12-5-1-3-7-16(12)20)11-15(19)10-13-6-2-4-8-17(13)21/h1-10,20-21H,11,18-19H2. The van der Waals surface area contributed by atoms with Crippen molar-refractivity contribution in [1.29, 1.82) is 0 Å². The van der Waals surface area contributed by atoms with Gasteiger partial charge in [0.2, 0.25) is 0 Å². The fourth-order valence-corrected chi connectivity index (χ4v) is 1.96. The molecule has 0 unspecified atom stereocenters. The smallest absolute Gasteiger partial charge is 0.122 e. The molecule has 0 saturated heterocycles. The number of aromatic hydroxyl groups is 2. The first kappa shape index (κ1) is 14.5. The highest BCUT2D eigenvalue weighted by atomic mass is 16.3. The van der Waals surface area contributed by atoms with E-state index in [1.165, 1.54) is 0 Å². The average Bonchev–Trinajstić information content (AvgIpc) is 2.44. The molecule has 0 bridgehead atoms. The molecule has 0 aliphatic heterocycles. The normalized spacial score (nSPS) is 12.4. The summed E-state index contributed by atoms with van der Waals surface area (Å²) in [5.41, 5.74) is 14.2. The second-order valence-electron chi connectivity index (χ2n) is 4.73. The summed E-state index contributed by atoms with van der Waals surface area (Å²) in [6.45, 7) is 0. The van der Waals surface area contributed by atoms with E-state index in [1.54, 1.807) is 48.6 Å². The Kier molecular flexibility index (Phi) is 4.51. The summed E-state index contributed by atoms with van der Waals surface area (Å²) in [5.74, 6) is 0.340. The highest BCUT2D eigenvalue weighted by molar-refractivity contribution is 5.62. The van der Waals surface area contributed by atoms with Gasteiger partial charge in [0, 0.05) is 28.9 Å². The van der Waals surface area contributed by atoms with Crippen molar-refractivity contribution in [1.82, 2.24) is 0 Å². The Morgan fingerprint density at radius 2 is 1.14 bits per heavy atom. The van der Waals surface area contributed by atoms with Crippen LogP contribution in [-0.4, -0.2) is 10.2 Å². The second-order valence-corrected chi connectivity index (χ2v) is 4.73. The van der Waals surface area contributed by atoms with Crippen molar-refractivity contribution in [2.75, 3.05) is 0 Å². The summed E-state index contributed by atoms with van der Waals surface area (Å²) < 4.78 is 0. The van der Waals surface area contributed by atoms with Crippen molar-refractivity contribution >= 4 is 12.2 Å². The van der Waals surface area contributed by atoms with Crippen LogP contribution in [0.25, 0.3) is 12.2 Å². The first-order chi connectivity index (χ1) is 10.1. The van der Waals surface area contributed by atoms with E-state index in [9.17, 15) is 10.2 Å². The van der Waals surface area contributed by atoms with Gasteiger partial charge in [-0.1, -0.05) is 36.4 Å². The molecule has 0 atom stereocenters. The summed E-state index contributed by atoms with van der Waals surface area (Å²) in [5, 5.41) is 19.4. The Balaban J connectivity index is 2.14. The molecule has 0 radical (unpaired) electrons. The molecule has 21 heavy (non-hydrogen) atoms. The molecule has 0 fully saturated rings. The van der Waals surface area contributed by atoms with E-state index in [-0.39, 0.29) is 11.5 Å². The summed E-state index contributed by atoms with van der Waals surface area (Å²) in [4.78, 5) is 0. The molecule has 0 heterocycles. The van der Waals surface area contributed by atoms with Gasteiger partial charge in [-0.3, -0.25) is 0 Å². The third-order valence-corrected chi connectivity index (χ3v) is 2.96. The molecule has 2 aromatic rings. The van der Waals surface area contributed by atoms with E-state index in [0.717, 1.165) is 0 Å². The molecule has 0 aromatic heterocycles. The molecule has 4 nitrogen and oxygen atoms in total. The Bertz CT molecular complexity index is 631. The summed E-state index contributed by atoms with van der Waals surface area (Å²) in [7, 11) is 0. The van der Waals surface area contributed by atoms with Crippen molar-refractivity contribution in [3.63, 3.8) is 0 Å². The van der Waals surface area contributed by atoms with Gasteiger partial charge in [-0.05, 0) is 24.3 Å². The zero-order valence-corrected chi connectivity index (χ0v) is 11.5. The highest BCUT2D eigenvalue weighted by Crippen LogP contribution is 2.21. The molecule has 0 aliphatic rings. The minimum atomic E-state index is 0.170. The molecule has 0 amide bonds. The lowest BCUT2D eigenvalue weighted by Gasteiger charge is -2.05. The van der Waals surface area contributed by atoms with Crippen LogP contribution in [0.3, 0.4) is 0 Å². The Labute approximate surface area is 123 Å². The van der Waals surface area contributed by atoms with Crippen molar-refractivity contribution < 1.29 is 10.2 Å². The monoisotopic (exact) mass is 282 g/mol. The Morgan fingerprint density at radius 1 is 0.762 bits per heavy atom. The van der Waals surface area contributed by atoms with Crippen LogP contribution in [0, 0.1) is 0 Å². The molecule has 0 aliphatic carbocycles. The maximum atomic E-state index is 9.69. The Hall–Kier alpha value is -2.88. The predicted molar refractivity (Wildman–Crippen MR) is 85.2 cm³/mol. The quantitative estimate of drug-likeness (QED) is 0.693. The number of phenolic OH excluding ortho intramolecular Hbond substituents is 2.